The molecule has 8 aromatic carbocycles. The number of fused-ring (bicyclic) bond motifs is 2. The van der Waals surface area contributed by atoms with Crippen molar-refractivity contribution in [3.63, 3.8) is 0 Å². The van der Waals surface area contributed by atoms with Gasteiger partial charge in [0, 0.05) is 16.2 Å². The number of carbonyl (C=O) groups is 1. The molecule has 0 unspecified atom stereocenters. The lowest BCUT2D eigenvalue weighted by Gasteiger charge is -2.11. The fourth-order valence-electron chi connectivity index (χ4n) is 7.43. The van der Waals surface area contributed by atoms with E-state index in [1.807, 2.05) is 38.1 Å². The molecule has 0 aliphatic carbocycles. The third-order valence-corrected chi connectivity index (χ3v) is 13.6. The number of carboxylic acid groups (broad SMARTS) is 1. The smallest absolute Gasteiger partial charge is 0.339 e. The molecular formula is C47H36N10O13S3. The molecule has 0 spiro atoms. The quantitative estimate of drug-likeness (QED) is 0.0302. The van der Waals surface area contributed by atoms with Gasteiger partial charge in [-0.1, -0.05) is 36.4 Å². The molecule has 370 valence electrons. The van der Waals surface area contributed by atoms with Crippen LogP contribution < -0.4 is 11.5 Å². The highest BCUT2D eigenvalue weighted by molar-refractivity contribution is 7.86. The van der Waals surface area contributed by atoms with Gasteiger partial charge >= 0.3 is 5.97 Å². The van der Waals surface area contributed by atoms with E-state index in [-0.39, 0.29) is 67.0 Å². The number of rotatable bonds is 13. The Labute approximate surface area is 413 Å². The molecule has 0 bridgehead atoms. The van der Waals surface area contributed by atoms with Crippen molar-refractivity contribution in [2.75, 3.05) is 11.5 Å². The average molecular weight is 1050 g/mol. The molecule has 0 fully saturated rings. The second-order valence-electron chi connectivity index (χ2n) is 15.9. The summed E-state index contributed by atoms with van der Waals surface area (Å²) < 4.78 is 104. The van der Waals surface area contributed by atoms with Crippen LogP contribution in [0.5, 0.6) is 11.5 Å². The number of anilines is 2. The Hall–Kier alpha value is -8.92. The van der Waals surface area contributed by atoms with Gasteiger partial charge in [-0.25, -0.2) is 4.79 Å². The van der Waals surface area contributed by atoms with E-state index in [1.165, 1.54) is 54.6 Å². The van der Waals surface area contributed by atoms with Crippen LogP contribution in [0.4, 0.5) is 56.9 Å². The number of azo groups is 4. The summed E-state index contributed by atoms with van der Waals surface area (Å²) in [4.78, 5) is 8.99. The van der Waals surface area contributed by atoms with Crippen molar-refractivity contribution in [2.24, 2.45) is 40.9 Å². The zero-order valence-corrected chi connectivity index (χ0v) is 40.0. The van der Waals surface area contributed by atoms with E-state index in [1.54, 1.807) is 12.1 Å². The van der Waals surface area contributed by atoms with Gasteiger partial charge in [-0.05, 0) is 126 Å². The molecule has 0 aliphatic heterocycles. The molecule has 73 heavy (non-hydrogen) atoms. The Morgan fingerprint density at radius 2 is 0.973 bits per heavy atom. The van der Waals surface area contributed by atoms with E-state index in [9.17, 15) is 59.0 Å². The summed E-state index contributed by atoms with van der Waals surface area (Å²) >= 11 is 0. The first-order chi connectivity index (χ1) is 34.4. The van der Waals surface area contributed by atoms with Crippen molar-refractivity contribution in [1.29, 1.82) is 0 Å². The lowest BCUT2D eigenvalue weighted by molar-refractivity contribution is 0.0693. The minimum Gasteiger partial charge on any atom is -0.507 e. The highest BCUT2D eigenvalue weighted by Gasteiger charge is 2.26. The fraction of sp³-hybridized carbons (Fsp3) is 0.0426. The molecule has 0 radical (unpaired) electrons. The zero-order chi connectivity index (χ0) is 52.7. The first-order valence-electron chi connectivity index (χ1n) is 20.8. The Balaban J connectivity index is 1.06. The van der Waals surface area contributed by atoms with Crippen LogP contribution in [0.15, 0.2) is 177 Å². The monoisotopic (exact) mass is 1040 g/mol. The number of phenolic OH excluding ortho intramolecular Hbond substituents is 1. The van der Waals surface area contributed by atoms with Crippen LogP contribution in [0.3, 0.4) is 0 Å². The Morgan fingerprint density at radius 1 is 0.466 bits per heavy atom. The standard InChI is InChI=1S/C47H36N10O13S3/c1-23-15-25(7-10-36(23)52-50-28-9-13-40(58)33(19-28)47(60)61)26-8-11-37(24(2)16-26)53-56-44-34(48)20-29(21-35(44)49)51-55-39-22-32-27(17-42(39)72(65,66)67)18-43(73(68,69)70)45(46(32)59)57-54-38-12-14-41(71(62,63)64)31-6-4-3-5-30(31)38/h3-22,58-59H,48-49H2,1-2H3,(H,60,61)(H,62,63,64)(H,65,66,67)(H,68,69,70). The van der Waals surface area contributed by atoms with Gasteiger partial charge in [0.25, 0.3) is 30.4 Å². The van der Waals surface area contributed by atoms with Gasteiger partial charge in [0.1, 0.15) is 43.1 Å². The van der Waals surface area contributed by atoms with Crippen molar-refractivity contribution in [1.82, 2.24) is 0 Å². The maximum atomic E-state index is 12.6. The highest BCUT2D eigenvalue weighted by Crippen LogP contribution is 2.45. The third kappa shape index (κ3) is 10.7. The number of nitrogens with two attached hydrogens (primary N) is 2. The zero-order valence-electron chi connectivity index (χ0n) is 37.5. The van der Waals surface area contributed by atoms with Gasteiger partial charge in [0.2, 0.25) is 0 Å². The number of aromatic carboxylic acids is 1. The maximum absolute atomic E-state index is 12.6. The van der Waals surface area contributed by atoms with E-state index in [4.69, 9.17) is 11.5 Å². The van der Waals surface area contributed by atoms with Crippen molar-refractivity contribution in [3.05, 3.63) is 138 Å². The Kier molecular flexibility index (Phi) is 13.4. The van der Waals surface area contributed by atoms with Crippen molar-refractivity contribution < 1.29 is 59.0 Å². The second kappa shape index (κ2) is 19.4. The molecule has 26 heteroatoms. The Bertz CT molecular complexity index is 4110. The number of phenols is 2. The molecular weight excluding hydrogens is 1010 g/mol. The number of aromatic hydroxyl groups is 2. The summed E-state index contributed by atoms with van der Waals surface area (Å²) in [6.45, 7) is 3.65. The highest BCUT2D eigenvalue weighted by atomic mass is 32.2. The SMILES string of the molecule is Cc1cc(-c2ccc(N=Nc3c(N)cc(N=Nc4cc5c(O)c(N=Nc6ccc(S(=O)(=O)O)c7ccccc67)c(S(=O)(=O)O)cc5cc4S(=O)(=O)O)cc3N)c(C)c2)ccc1N=Nc1ccc(O)c(C(=O)O)c1. The van der Waals surface area contributed by atoms with Crippen LogP contribution >= 0.6 is 0 Å². The molecule has 0 atom stereocenters. The number of hydrogen-bond acceptors (Lipinski definition) is 19. The summed E-state index contributed by atoms with van der Waals surface area (Å²) in [5.74, 6) is -2.64. The summed E-state index contributed by atoms with van der Waals surface area (Å²) in [7, 11) is -15.0. The summed E-state index contributed by atoms with van der Waals surface area (Å²) in [5.41, 5.74) is 15.3. The fourth-order valence-corrected chi connectivity index (χ4v) is 9.42. The lowest BCUT2D eigenvalue weighted by Crippen LogP contribution is -2.01. The van der Waals surface area contributed by atoms with Crippen LogP contribution in [0.1, 0.15) is 21.5 Å². The molecule has 8 rings (SSSR count). The average Bonchev–Trinajstić information content (AvgIpc) is 3.31. The minimum absolute atomic E-state index is 0.0215. The molecule has 0 amide bonds. The predicted octanol–water partition coefficient (Wildman–Crippen LogP) is 12.0. The van der Waals surface area contributed by atoms with Crippen LogP contribution in [-0.4, -0.2) is 60.2 Å². The third-order valence-electron chi connectivity index (χ3n) is 11.0. The molecule has 8 aromatic rings. The van der Waals surface area contributed by atoms with Gasteiger partial charge in [0.15, 0.2) is 5.75 Å². The normalized spacial score (nSPS) is 12.6. The molecule has 0 saturated carbocycles. The topological polar surface area (TPSA) is 392 Å². The van der Waals surface area contributed by atoms with Gasteiger partial charge < -0.3 is 26.8 Å². The maximum Gasteiger partial charge on any atom is 0.339 e. The number of benzene rings is 8. The van der Waals surface area contributed by atoms with Gasteiger partial charge in [-0.15, -0.1) is 20.5 Å². The predicted molar refractivity (Wildman–Crippen MR) is 267 cm³/mol. The molecule has 23 nitrogen and oxygen atoms in total. The molecule has 0 aromatic heterocycles. The summed E-state index contributed by atoms with van der Waals surface area (Å²) in [6, 6.07) is 27.9. The first kappa shape index (κ1) is 50.5. The van der Waals surface area contributed by atoms with Gasteiger partial charge in [0.05, 0.1) is 39.8 Å². The van der Waals surface area contributed by atoms with Crippen molar-refractivity contribution in [3.8, 4) is 22.6 Å². The minimum atomic E-state index is -5.22. The van der Waals surface area contributed by atoms with Crippen LogP contribution in [0, 0.1) is 13.8 Å². The van der Waals surface area contributed by atoms with E-state index in [2.05, 4.69) is 40.9 Å². The lowest BCUT2D eigenvalue weighted by atomic mass is 10.0. The number of aryl methyl sites for hydroxylation is 2. The largest absolute Gasteiger partial charge is 0.507 e. The first-order valence-corrected chi connectivity index (χ1v) is 25.1. The molecule has 10 N–H and O–H groups in total. The van der Waals surface area contributed by atoms with E-state index >= 15 is 0 Å². The number of nitrogens with zero attached hydrogens (tertiary/aromatic N) is 8. The van der Waals surface area contributed by atoms with Crippen LogP contribution in [-0.2, 0) is 30.4 Å². The number of carboxylic acids is 1. The van der Waals surface area contributed by atoms with Crippen LogP contribution in [0.2, 0.25) is 0 Å². The van der Waals surface area contributed by atoms with Gasteiger partial charge in [-0.2, -0.15) is 45.7 Å². The van der Waals surface area contributed by atoms with Crippen molar-refractivity contribution >= 4 is 115 Å². The van der Waals surface area contributed by atoms with Gasteiger partial charge in [-0.3, -0.25) is 13.7 Å². The summed E-state index contributed by atoms with van der Waals surface area (Å²) in [6.07, 6.45) is 0. The summed E-state index contributed by atoms with van der Waals surface area (Å²) in [5, 5.41) is 62.9. The molecule has 0 heterocycles. The second-order valence-corrected chi connectivity index (χ2v) is 20.1. The van der Waals surface area contributed by atoms with E-state index < -0.39 is 68.1 Å². The van der Waals surface area contributed by atoms with E-state index in [0.29, 0.717) is 11.4 Å². The van der Waals surface area contributed by atoms with Crippen molar-refractivity contribution in [2.45, 2.75) is 28.5 Å². The molecule has 0 saturated heterocycles. The van der Waals surface area contributed by atoms with Crippen LogP contribution in [0.25, 0.3) is 32.7 Å². The Morgan fingerprint density at radius 3 is 1.55 bits per heavy atom. The number of nitrogen functional groups attached to an aromatic ring is 2. The number of hydrogen-bond donors (Lipinski definition) is 8. The van der Waals surface area contributed by atoms with E-state index in [0.717, 1.165) is 52.6 Å². The molecule has 0 aliphatic rings.